The maximum Gasteiger partial charge on any atom is 0.143 e. The molecule has 36 heavy (non-hydrogen) atoms. The van der Waals surface area contributed by atoms with Gasteiger partial charge in [-0.3, -0.25) is 4.79 Å². The highest BCUT2D eigenvalue weighted by Gasteiger charge is 2.16. The maximum atomic E-state index is 12.4. The summed E-state index contributed by atoms with van der Waals surface area (Å²) in [6.45, 7) is 4.52. The normalized spacial score (nSPS) is 12.6. The molecule has 0 rings (SSSR count). The van der Waals surface area contributed by atoms with Gasteiger partial charge in [-0.15, -0.1) is 0 Å². The zero-order valence-electron chi connectivity index (χ0n) is 24.5. The summed E-state index contributed by atoms with van der Waals surface area (Å²) in [5.41, 5.74) is 0. The van der Waals surface area contributed by atoms with Crippen LogP contribution in [0.4, 0.5) is 0 Å². The van der Waals surface area contributed by atoms with Crippen LogP contribution >= 0.6 is 0 Å². The Morgan fingerprint density at radius 3 is 1.47 bits per heavy atom. The number of carbonyl (C=O) groups excluding carboxylic acids is 2. The summed E-state index contributed by atoms with van der Waals surface area (Å²) < 4.78 is 0. The summed E-state index contributed by atoms with van der Waals surface area (Å²) >= 11 is 0. The largest absolute Gasteiger partial charge is 0.303 e. The highest BCUT2D eigenvalue weighted by Crippen LogP contribution is 2.17. The fraction of sp³-hybridized carbons (Fsp3) is 0.824. The average Bonchev–Trinajstić information content (AvgIpc) is 2.89. The van der Waals surface area contributed by atoms with Crippen molar-refractivity contribution in [2.75, 3.05) is 0 Å². The summed E-state index contributed by atoms with van der Waals surface area (Å²) in [5.74, 6) is -0.169. The number of allylic oxidation sites excluding steroid dienone is 4. The minimum Gasteiger partial charge on any atom is -0.303 e. The third kappa shape index (κ3) is 25.9. The quantitative estimate of drug-likeness (QED) is 0.0441. The molecule has 0 aromatic heterocycles. The Labute approximate surface area is 226 Å². The Morgan fingerprint density at radius 2 is 0.944 bits per heavy atom. The van der Waals surface area contributed by atoms with Crippen LogP contribution in [0.2, 0.25) is 0 Å². The van der Waals surface area contributed by atoms with Gasteiger partial charge >= 0.3 is 0 Å². The lowest BCUT2D eigenvalue weighted by molar-refractivity contribution is -0.127. The fourth-order valence-electron chi connectivity index (χ4n) is 4.81. The molecule has 0 aromatic carbocycles. The van der Waals surface area contributed by atoms with Crippen LogP contribution in [0.15, 0.2) is 24.3 Å². The minimum absolute atomic E-state index is 0.179. The molecular weight excluding hydrogens is 440 g/mol. The first-order valence-corrected chi connectivity index (χ1v) is 16.0. The zero-order valence-corrected chi connectivity index (χ0v) is 24.5. The van der Waals surface area contributed by atoms with Crippen molar-refractivity contribution < 1.29 is 9.59 Å². The molecule has 0 aliphatic rings. The monoisotopic (exact) mass is 502 g/mol. The van der Waals surface area contributed by atoms with Crippen molar-refractivity contribution in [3.05, 3.63) is 24.3 Å². The molecule has 0 bridgehead atoms. The van der Waals surface area contributed by atoms with Crippen molar-refractivity contribution in [3.8, 4) is 0 Å². The Morgan fingerprint density at radius 1 is 0.528 bits per heavy atom. The van der Waals surface area contributed by atoms with E-state index in [1.807, 2.05) is 0 Å². The molecule has 0 radical (unpaired) electrons. The van der Waals surface area contributed by atoms with E-state index in [-0.39, 0.29) is 11.7 Å². The molecule has 0 fully saturated rings. The lowest BCUT2D eigenvalue weighted by atomic mass is 9.94. The topological polar surface area (TPSA) is 34.1 Å². The predicted octanol–water partition coefficient (Wildman–Crippen LogP) is 11.3. The van der Waals surface area contributed by atoms with Crippen molar-refractivity contribution in [1.29, 1.82) is 0 Å². The first-order valence-electron chi connectivity index (χ1n) is 16.0. The van der Waals surface area contributed by atoms with Gasteiger partial charge in [-0.05, 0) is 44.9 Å². The van der Waals surface area contributed by atoms with Gasteiger partial charge in [-0.25, -0.2) is 0 Å². The van der Waals surface area contributed by atoms with E-state index in [4.69, 9.17) is 0 Å². The van der Waals surface area contributed by atoms with Crippen LogP contribution in [0, 0.1) is 5.92 Å². The molecule has 0 amide bonds. The van der Waals surface area contributed by atoms with Gasteiger partial charge in [-0.2, -0.15) is 0 Å². The van der Waals surface area contributed by atoms with Crippen LogP contribution in [-0.2, 0) is 9.59 Å². The molecule has 0 aliphatic carbocycles. The molecular formula is C34H62O2. The van der Waals surface area contributed by atoms with Crippen LogP contribution in [0.3, 0.4) is 0 Å². The molecule has 0 aromatic rings. The number of aldehydes is 1. The summed E-state index contributed by atoms with van der Waals surface area (Å²) in [7, 11) is 0. The number of rotatable bonds is 29. The first kappa shape index (κ1) is 34.8. The highest BCUT2D eigenvalue weighted by molar-refractivity contribution is 5.93. The van der Waals surface area contributed by atoms with Crippen LogP contribution in [0.5, 0.6) is 0 Å². The van der Waals surface area contributed by atoms with Crippen molar-refractivity contribution >= 4 is 12.1 Å². The van der Waals surface area contributed by atoms with Crippen LogP contribution in [0.25, 0.3) is 0 Å². The second-order valence-electron chi connectivity index (χ2n) is 10.9. The third-order valence-electron chi connectivity index (χ3n) is 7.32. The van der Waals surface area contributed by atoms with E-state index >= 15 is 0 Å². The van der Waals surface area contributed by atoms with Crippen molar-refractivity contribution in [2.45, 2.75) is 174 Å². The van der Waals surface area contributed by atoms with Gasteiger partial charge in [0.2, 0.25) is 0 Å². The van der Waals surface area contributed by atoms with Crippen molar-refractivity contribution in [3.63, 3.8) is 0 Å². The van der Waals surface area contributed by atoms with E-state index < -0.39 is 0 Å². The SMILES string of the molecule is CCCCCC=CCC=CCCCCCCCC(=O)C(C=O)CCCCCCCCCCCCCC. The molecule has 210 valence electrons. The lowest BCUT2D eigenvalue weighted by Crippen LogP contribution is -2.15. The van der Waals surface area contributed by atoms with Gasteiger partial charge in [0.25, 0.3) is 0 Å². The molecule has 0 spiro atoms. The number of Topliss-reactive ketones (excluding diaryl/α,β-unsaturated/α-hetero) is 1. The zero-order chi connectivity index (χ0) is 26.4. The predicted molar refractivity (Wildman–Crippen MR) is 160 cm³/mol. The van der Waals surface area contributed by atoms with Crippen LogP contribution < -0.4 is 0 Å². The summed E-state index contributed by atoms with van der Waals surface area (Å²) in [5, 5.41) is 0. The van der Waals surface area contributed by atoms with Gasteiger partial charge in [0, 0.05) is 6.42 Å². The Hall–Kier alpha value is -1.18. The van der Waals surface area contributed by atoms with Gasteiger partial charge < -0.3 is 4.79 Å². The molecule has 2 heteroatoms. The number of carbonyl (C=O) groups is 2. The van der Waals surface area contributed by atoms with Gasteiger partial charge in [-0.1, -0.05) is 147 Å². The maximum absolute atomic E-state index is 12.4. The van der Waals surface area contributed by atoms with E-state index in [2.05, 4.69) is 38.2 Å². The minimum atomic E-state index is -0.348. The fourth-order valence-corrected chi connectivity index (χ4v) is 4.81. The highest BCUT2D eigenvalue weighted by atomic mass is 16.1. The second kappa shape index (κ2) is 30.0. The Balaban J connectivity index is 3.51. The van der Waals surface area contributed by atoms with E-state index in [1.165, 1.54) is 109 Å². The summed E-state index contributed by atoms with van der Waals surface area (Å²) in [6, 6.07) is 0. The molecule has 0 saturated heterocycles. The molecule has 1 unspecified atom stereocenters. The summed E-state index contributed by atoms with van der Waals surface area (Å²) in [4.78, 5) is 23.8. The average molecular weight is 503 g/mol. The van der Waals surface area contributed by atoms with E-state index in [0.29, 0.717) is 6.42 Å². The molecule has 0 saturated carbocycles. The Kier molecular flexibility index (Phi) is 29.1. The first-order chi connectivity index (χ1) is 17.8. The van der Waals surface area contributed by atoms with E-state index in [9.17, 15) is 9.59 Å². The van der Waals surface area contributed by atoms with E-state index in [0.717, 1.165) is 51.2 Å². The van der Waals surface area contributed by atoms with Gasteiger partial charge in [0.15, 0.2) is 0 Å². The van der Waals surface area contributed by atoms with Gasteiger partial charge in [0.1, 0.15) is 12.1 Å². The molecule has 0 N–H and O–H groups in total. The molecule has 0 aliphatic heterocycles. The number of hydrogen-bond donors (Lipinski definition) is 0. The third-order valence-corrected chi connectivity index (χ3v) is 7.32. The molecule has 1 atom stereocenters. The standard InChI is InChI=1S/C34H62O2/c1-3-5-7-9-11-13-15-17-18-19-21-23-25-27-29-31-34(36)33(32-35)30-28-26-24-22-20-16-14-12-10-8-6-4-2/h11,13,17-18,32-33H,3-10,12,14-16,19-31H2,1-2H3. The lowest BCUT2D eigenvalue weighted by Gasteiger charge is -2.09. The van der Waals surface area contributed by atoms with Crippen LogP contribution in [-0.4, -0.2) is 12.1 Å². The summed E-state index contributed by atoms with van der Waals surface area (Å²) in [6.07, 6.45) is 40.4. The van der Waals surface area contributed by atoms with E-state index in [1.54, 1.807) is 0 Å². The Bertz CT molecular complexity index is 519. The molecule has 2 nitrogen and oxygen atoms in total. The van der Waals surface area contributed by atoms with Crippen molar-refractivity contribution in [1.82, 2.24) is 0 Å². The van der Waals surface area contributed by atoms with Crippen LogP contribution in [0.1, 0.15) is 174 Å². The van der Waals surface area contributed by atoms with Gasteiger partial charge in [0.05, 0.1) is 5.92 Å². The smallest absolute Gasteiger partial charge is 0.143 e. The number of hydrogen-bond acceptors (Lipinski definition) is 2. The molecule has 0 heterocycles. The van der Waals surface area contributed by atoms with Crippen molar-refractivity contribution in [2.24, 2.45) is 5.92 Å². The number of ketones is 1. The second-order valence-corrected chi connectivity index (χ2v) is 10.9. The number of unbranched alkanes of at least 4 members (excludes halogenated alkanes) is 19.